The van der Waals surface area contributed by atoms with Gasteiger partial charge < -0.3 is 15.2 Å². The van der Waals surface area contributed by atoms with Gasteiger partial charge in [-0.2, -0.15) is 0 Å². The van der Waals surface area contributed by atoms with E-state index in [4.69, 9.17) is 4.74 Å². The number of nitrogens with one attached hydrogen (secondary N) is 1. The molecule has 0 spiro atoms. The normalized spacial score (nSPS) is 27.9. The number of unbranched alkanes of at least 4 members (excludes halogenated alkanes) is 1. The summed E-state index contributed by atoms with van der Waals surface area (Å²) in [5, 5.41) is 13.9. The Morgan fingerprint density at radius 3 is 2.97 bits per heavy atom. The summed E-state index contributed by atoms with van der Waals surface area (Å²) in [6, 6.07) is 3.81. The molecule has 2 aliphatic heterocycles. The molecule has 35 heavy (non-hydrogen) atoms. The minimum Gasteiger partial charge on any atom is -0.480 e. The fourth-order valence-corrected chi connectivity index (χ4v) is 6.19. The van der Waals surface area contributed by atoms with Crippen LogP contribution in [0.5, 0.6) is 0 Å². The predicted octanol–water partition coefficient (Wildman–Crippen LogP) is 5.34. The number of pyridine rings is 1. The van der Waals surface area contributed by atoms with Gasteiger partial charge in [0.25, 0.3) is 0 Å². The predicted molar refractivity (Wildman–Crippen MR) is 137 cm³/mol. The Morgan fingerprint density at radius 1 is 1.29 bits per heavy atom. The molecule has 0 radical (unpaired) electrons. The third-order valence-electron chi connectivity index (χ3n) is 8.41. The first-order chi connectivity index (χ1) is 17.1. The summed E-state index contributed by atoms with van der Waals surface area (Å²) < 4.78 is 6.21. The highest BCUT2D eigenvalue weighted by molar-refractivity contribution is 5.76. The van der Waals surface area contributed by atoms with Crippen LogP contribution in [0.25, 0.3) is 0 Å². The van der Waals surface area contributed by atoms with Crippen LogP contribution >= 0.6 is 0 Å². The van der Waals surface area contributed by atoms with Gasteiger partial charge in [0.2, 0.25) is 0 Å². The van der Waals surface area contributed by atoms with Crippen molar-refractivity contribution in [1.82, 2.24) is 15.2 Å². The van der Waals surface area contributed by atoms with E-state index in [1.54, 1.807) is 6.20 Å². The van der Waals surface area contributed by atoms with Gasteiger partial charge in [-0.25, -0.2) is 0 Å². The highest BCUT2D eigenvalue weighted by atomic mass is 16.5. The SMILES string of the molecule is CC1C=CC2=C(C1)NC(CCCCO[C@@H]1CCN(C(C(=O)O)c3cccnc3C3CCC3)C1)CC2. The van der Waals surface area contributed by atoms with E-state index in [1.165, 1.54) is 43.4 Å². The van der Waals surface area contributed by atoms with E-state index in [-0.39, 0.29) is 6.10 Å². The maximum Gasteiger partial charge on any atom is 0.325 e. The number of likely N-dealkylation sites (tertiary alicyclic amines) is 1. The number of carboxylic acids is 1. The molecule has 1 saturated heterocycles. The quantitative estimate of drug-likeness (QED) is 0.442. The van der Waals surface area contributed by atoms with Crippen molar-refractivity contribution >= 4 is 5.97 Å². The second-order valence-corrected chi connectivity index (χ2v) is 11.0. The van der Waals surface area contributed by atoms with Crippen LogP contribution in [0.3, 0.4) is 0 Å². The summed E-state index contributed by atoms with van der Waals surface area (Å²) in [6.07, 6.45) is 17.9. The van der Waals surface area contributed by atoms with Crippen molar-refractivity contribution in [3.05, 3.63) is 53.0 Å². The summed E-state index contributed by atoms with van der Waals surface area (Å²) in [6.45, 7) is 4.49. The fraction of sp³-hybridized carbons (Fsp3) is 0.655. The van der Waals surface area contributed by atoms with E-state index < -0.39 is 12.0 Å². The molecule has 1 aromatic rings. The van der Waals surface area contributed by atoms with Crippen LogP contribution in [0.4, 0.5) is 0 Å². The molecular formula is C29H41N3O3. The van der Waals surface area contributed by atoms with Crippen LogP contribution in [0.15, 0.2) is 41.8 Å². The Labute approximate surface area is 209 Å². The molecule has 4 atom stereocenters. The number of carboxylic acid groups (broad SMARTS) is 1. The van der Waals surface area contributed by atoms with Gasteiger partial charge in [-0.1, -0.05) is 31.6 Å². The van der Waals surface area contributed by atoms with Crippen molar-refractivity contribution in [3.63, 3.8) is 0 Å². The lowest BCUT2D eigenvalue weighted by atomic mass is 9.80. The molecule has 4 aliphatic rings. The number of allylic oxidation sites excluding steroid dienone is 4. The molecule has 3 heterocycles. The summed E-state index contributed by atoms with van der Waals surface area (Å²) in [4.78, 5) is 19.0. The van der Waals surface area contributed by atoms with Gasteiger partial charge in [0.15, 0.2) is 0 Å². The number of carbonyl (C=O) groups is 1. The fourth-order valence-electron chi connectivity index (χ4n) is 6.19. The zero-order valence-corrected chi connectivity index (χ0v) is 21.1. The van der Waals surface area contributed by atoms with E-state index in [2.05, 4.69) is 34.3 Å². The van der Waals surface area contributed by atoms with E-state index in [0.717, 1.165) is 56.5 Å². The Kier molecular flexibility index (Phi) is 7.88. The maximum absolute atomic E-state index is 12.3. The zero-order chi connectivity index (χ0) is 24.2. The first kappa shape index (κ1) is 24.5. The van der Waals surface area contributed by atoms with Crippen LogP contribution < -0.4 is 5.32 Å². The number of aliphatic carboxylic acids is 1. The topological polar surface area (TPSA) is 74.7 Å². The van der Waals surface area contributed by atoms with Crippen molar-refractivity contribution in [2.45, 2.75) is 95.2 Å². The van der Waals surface area contributed by atoms with Gasteiger partial charge in [-0.15, -0.1) is 0 Å². The zero-order valence-electron chi connectivity index (χ0n) is 21.1. The van der Waals surface area contributed by atoms with Crippen molar-refractivity contribution < 1.29 is 14.6 Å². The highest BCUT2D eigenvalue weighted by Crippen LogP contribution is 2.40. The average molecular weight is 480 g/mol. The molecule has 0 aromatic carbocycles. The largest absolute Gasteiger partial charge is 0.480 e. The van der Waals surface area contributed by atoms with Gasteiger partial charge in [-0.05, 0) is 75.3 Å². The van der Waals surface area contributed by atoms with Crippen molar-refractivity contribution in [3.8, 4) is 0 Å². The Morgan fingerprint density at radius 2 is 2.17 bits per heavy atom. The van der Waals surface area contributed by atoms with Crippen LogP contribution in [0.1, 0.15) is 94.3 Å². The van der Waals surface area contributed by atoms with Gasteiger partial charge in [0.05, 0.1) is 6.10 Å². The number of hydrogen-bond acceptors (Lipinski definition) is 5. The van der Waals surface area contributed by atoms with Gasteiger partial charge in [-0.3, -0.25) is 14.7 Å². The second-order valence-electron chi connectivity index (χ2n) is 11.0. The lowest BCUT2D eigenvalue weighted by Gasteiger charge is -2.32. The van der Waals surface area contributed by atoms with E-state index in [1.807, 2.05) is 12.1 Å². The molecule has 2 N–H and O–H groups in total. The Bertz CT molecular complexity index is 954. The number of aromatic nitrogens is 1. The van der Waals surface area contributed by atoms with Gasteiger partial charge >= 0.3 is 5.97 Å². The number of rotatable bonds is 10. The number of nitrogens with zero attached hydrogens (tertiary/aromatic N) is 2. The summed E-state index contributed by atoms with van der Waals surface area (Å²) in [5.74, 6) is 0.283. The molecule has 5 rings (SSSR count). The van der Waals surface area contributed by atoms with E-state index >= 15 is 0 Å². The molecule has 6 nitrogen and oxygen atoms in total. The highest BCUT2D eigenvalue weighted by Gasteiger charge is 2.37. The van der Waals surface area contributed by atoms with Crippen LogP contribution in [-0.2, 0) is 9.53 Å². The van der Waals surface area contributed by atoms with E-state index in [9.17, 15) is 9.90 Å². The minimum atomic E-state index is -0.777. The van der Waals surface area contributed by atoms with Crippen LogP contribution in [-0.4, -0.2) is 52.8 Å². The molecule has 1 aromatic heterocycles. The summed E-state index contributed by atoms with van der Waals surface area (Å²) >= 11 is 0. The molecule has 2 aliphatic carbocycles. The standard InChI is InChI=1S/C29H41N3O3/c1-20-10-11-21-12-13-23(31-26(21)18-20)8-2-3-17-35-24-14-16-32(19-24)28(29(33)34)25-9-5-15-30-27(25)22-6-4-7-22/h5,9-11,15,20,22-24,28,31H,2-4,6-8,12-14,16-19H2,1H3,(H,33,34)/t20?,23?,24-,28?/m1/s1. The monoisotopic (exact) mass is 479 g/mol. The van der Waals surface area contributed by atoms with E-state index in [0.29, 0.717) is 24.4 Å². The Hall–Kier alpha value is -2.18. The molecule has 0 bridgehead atoms. The van der Waals surface area contributed by atoms with Crippen molar-refractivity contribution in [2.75, 3.05) is 19.7 Å². The third-order valence-corrected chi connectivity index (χ3v) is 8.41. The first-order valence-electron chi connectivity index (χ1n) is 13.8. The maximum atomic E-state index is 12.3. The van der Waals surface area contributed by atoms with Gasteiger partial charge in [0.1, 0.15) is 6.04 Å². The van der Waals surface area contributed by atoms with Crippen molar-refractivity contribution in [1.29, 1.82) is 0 Å². The van der Waals surface area contributed by atoms with Crippen LogP contribution in [0, 0.1) is 5.92 Å². The van der Waals surface area contributed by atoms with Crippen LogP contribution in [0.2, 0.25) is 0 Å². The number of ether oxygens (including phenoxy) is 1. The minimum absolute atomic E-state index is 0.122. The number of hydrogen-bond donors (Lipinski definition) is 2. The molecule has 0 amide bonds. The molecule has 6 heteroatoms. The average Bonchev–Trinajstić information content (AvgIpc) is 3.26. The molecule has 1 saturated carbocycles. The van der Waals surface area contributed by atoms with Crippen molar-refractivity contribution in [2.24, 2.45) is 5.92 Å². The molecule has 2 fully saturated rings. The smallest absolute Gasteiger partial charge is 0.325 e. The third kappa shape index (κ3) is 5.80. The first-order valence-corrected chi connectivity index (χ1v) is 13.8. The lowest BCUT2D eigenvalue weighted by molar-refractivity contribution is -0.143. The van der Waals surface area contributed by atoms with Gasteiger partial charge in [0, 0.05) is 54.8 Å². The second kappa shape index (κ2) is 11.3. The molecule has 3 unspecified atom stereocenters. The molecular weight excluding hydrogens is 438 g/mol. The molecule has 190 valence electrons. The summed E-state index contributed by atoms with van der Waals surface area (Å²) in [5.41, 5.74) is 4.86. The lowest BCUT2D eigenvalue weighted by Crippen LogP contribution is -2.35. The summed E-state index contributed by atoms with van der Waals surface area (Å²) in [7, 11) is 0. The Balaban J connectivity index is 1.06.